The summed E-state index contributed by atoms with van der Waals surface area (Å²) in [6.07, 6.45) is 7.24. The molecule has 2 rings (SSSR count). The molecule has 0 fully saturated rings. The molecule has 2 nitrogen and oxygen atoms in total. The van der Waals surface area contributed by atoms with E-state index < -0.39 is 0 Å². The van der Waals surface area contributed by atoms with Gasteiger partial charge in [-0.05, 0) is 85.2 Å². The first-order chi connectivity index (χ1) is 10.9. The van der Waals surface area contributed by atoms with Crippen LogP contribution < -0.4 is 0 Å². The Kier molecular flexibility index (Phi) is 5.49. The predicted octanol–water partition coefficient (Wildman–Crippen LogP) is 5.54. The lowest BCUT2D eigenvalue weighted by atomic mass is 9.96. The van der Waals surface area contributed by atoms with Gasteiger partial charge in [0, 0.05) is 0 Å². The Bertz CT molecular complexity index is 704. The molecule has 0 aliphatic carbocycles. The molecule has 0 unspecified atom stereocenters. The predicted molar refractivity (Wildman–Crippen MR) is 98.0 cm³/mol. The minimum absolute atomic E-state index is 0.366. The van der Waals surface area contributed by atoms with Crippen LogP contribution in [-0.4, -0.2) is 10.2 Å². The van der Waals surface area contributed by atoms with E-state index in [-0.39, 0.29) is 0 Å². The van der Waals surface area contributed by atoms with Gasteiger partial charge in [0.2, 0.25) is 0 Å². The highest BCUT2D eigenvalue weighted by Crippen LogP contribution is 2.28. The van der Waals surface area contributed by atoms with Gasteiger partial charge in [0.15, 0.2) is 0 Å². The zero-order chi connectivity index (χ0) is 17.0. The Labute approximate surface area is 139 Å². The third-order valence-corrected chi connectivity index (χ3v) is 4.36. The van der Waals surface area contributed by atoms with Crippen molar-refractivity contribution in [2.75, 3.05) is 0 Å². The monoisotopic (exact) mass is 310 g/mol. The Morgan fingerprint density at radius 1 is 0.957 bits per heavy atom. The molecule has 0 saturated heterocycles. The number of unbranched alkanes of at least 4 members (excludes halogenated alkanes) is 1. The minimum Gasteiger partial charge on any atom is -0.508 e. The Hall–Kier alpha value is -2.22. The largest absolute Gasteiger partial charge is 0.508 e. The molecule has 0 amide bonds. The summed E-state index contributed by atoms with van der Waals surface area (Å²) in [7, 11) is 0. The molecular weight excluding hydrogens is 284 g/mol. The van der Waals surface area contributed by atoms with Crippen LogP contribution in [0.4, 0.5) is 0 Å². The SMILES string of the molecule is CCCCc1c(O)ccc(C=Cc2cc(C)c(O)c(C)c2)c1C. The highest BCUT2D eigenvalue weighted by molar-refractivity contribution is 5.73. The van der Waals surface area contributed by atoms with E-state index in [0.29, 0.717) is 11.5 Å². The molecule has 0 heterocycles. The Morgan fingerprint density at radius 2 is 1.61 bits per heavy atom. The van der Waals surface area contributed by atoms with Gasteiger partial charge in [0.1, 0.15) is 11.5 Å². The molecule has 0 saturated carbocycles. The van der Waals surface area contributed by atoms with Crippen molar-refractivity contribution in [3.8, 4) is 11.5 Å². The average Bonchev–Trinajstić information content (AvgIpc) is 2.51. The van der Waals surface area contributed by atoms with E-state index in [9.17, 15) is 10.2 Å². The lowest BCUT2D eigenvalue weighted by Gasteiger charge is -2.11. The summed E-state index contributed by atoms with van der Waals surface area (Å²) < 4.78 is 0. The summed E-state index contributed by atoms with van der Waals surface area (Å²) in [5.74, 6) is 0.759. The van der Waals surface area contributed by atoms with Gasteiger partial charge in [-0.2, -0.15) is 0 Å². The maximum atomic E-state index is 10.1. The van der Waals surface area contributed by atoms with Gasteiger partial charge in [-0.25, -0.2) is 0 Å². The smallest absolute Gasteiger partial charge is 0.121 e. The molecule has 2 aromatic rings. The quantitative estimate of drug-likeness (QED) is 0.712. The molecule has 0 aliphatic heterocycles. The normalized spacial score (nSPS) is 11.3. The van der Waals surface area contributed by atoms with Crippen molar-refractivity contribution in [1.82, 2.24) is 0 Å². The number of rotatable bonds is 5. The molecule has 0 bridgehead atoms. The van der Waals surface area contributed by atoms with Gasteiger partial charge < -0.3 is 10.2 Å². The van der Waals surface area contributed by atoms with Crippen LogP contribution >= 0.6 is 0 Å². The Morgan fingerprint density at radius 3 is 2.22 bits per heavy atom. The van der Waals surface area contributed by atoms with Crippen molar-refractivity contribution in [3.05, 3.63) is 57.6 Å². The van der Waals surface area contributed by atoms with E-state index in [2.05, 4.69) is 26.0 Å². The molecule has 122 valence electrons. The molecule has 0 atom stereocenters. The number of phenols is 2. The number of benzene rings is 2. The molecule has 0 spiro atoms. The molecular formula is C21H26O2. The summed E-state index contributed by atoms with van der Waals surface area (Å²) >= 11 is 0. The van der Waals surface area contributed by atoms with Crippen molar-refractivity contribution >= 4 is 12.2 Å². The maximum absolute atomic E-state index is 10.1. The van der Waals surface area contributed by atoms with Crippen LogP contribution in [0.3, 0.4) is 0 Å². The standard InChI is InChI=1S/C21H26O2/c1-5-6-7-19-16(4)18(10-11-20(19)22)9-8-17-12-14(2)21(23)15(3)13-17/h8-13,22-23H,5-7H2,1-4H3. The molecule has 0 aliphatic rings. The molecule has 0 radical (unpaired) electrons. The first kappa shape index (κ1) is 17.1. The Balaban J connectivity index is 2.33. The van der Waals surface area contributed by atoms with Crippen LogP contribution in [0.1, 0.15) is 53.1 Å². The second-order valence-corrected chi connectivity index (χ2v) is 6.22. The van der Waals surface area contributed by atoms with E-state index in [1.165, 1.54) is 0 Å². The number of phenolic OH excluding ortho intramolecular Hbond substituents is 2. The van der Waals surface area contributed by atoms with Gasteiger partial charge >= 0.3 is 0 Å². The van der Waals surface area contributed by atoms with Crippen LogP contribution in [0.2, 0.25) is 0 Å². The zero-order valence-corrected chi connectivity index (χ0v) is 14.5. The van der Waals surface area contributed by atoms with Crippen LogP contribution in [0.5, 0.6) is 11.5 Å². The third-order valence-electron chi connectivity index (χ3n) is 4.36. The van der Waals surface area contributed by atoms with E-state index in [1.807, 2.05) is 32.0 Å². The van der Waals surface area contributed by atoms with Crippen LogP contribution in [0.15, 0.2) is 24.3 Å². The topological polar surface area (TPSA) is 40.5 Å². The fourth-order valence-corrected chi connectivity index (χ4v) is 2.88. The van der Waals surface area contributed by atoms with E-state index >= 15 is 0 Å². The zero-order valence-electron chi connectivity index (χ0n) is 14.5. The summed E-state index contributed by atoms with van der Waals surface area (Å²) in [5, 5.41) is 19.9. The van der Waals surface area contributed by atoms with Crippen LogP contribution in [-0.2, 0) is 6.42 Å². The van der Waals surface area contributed by atoms with Crippen molar-refractivity contribution in [1.29, 1.82) is 0 Å². The van der Waals surface area contributed by atoms with E-state index in [4.69, 9.17) is 0 Å². The summed E-state index contributed by atoms with van der Waals surface area (Å²) in [6, 6.07) is 7.70. The summed E-state index contributed by atoms with van der Waals surface area (Å²) in [6.45, 7) is 8.05. The minimum atomic E-state index is 0.366. The highest BCUT2D eigenvalue weighted by Gasteiger charge is 2.08. The molecule has 0 aromatic heterocycles. The van der Waals surface area contributed by atoms with E-state index in [1.54, 1.807) is 6.07 Å². The number of hydrogen-bond donors (Lipinski definition) is 2. The summed E-state index contributed by atoms with van der Waals surface area (Å²) in [4.78, 5) is 0. The van der Waals surface area contributed by atoms with Gasteiger partial charge in [-0.3, -0.25) is 0 Å². The summed E-state index contributed by atoms with van der Waals surface area (Å²) in [5.41, 5.74) is 6.15. The van der Waals surface area contributed by atoms with Crippen molar-refractivity contribution < 1.29 is 10.2 Å². The lowest BCUT2D eigenvalue weighted by Crippen LogP contribution is -1.93. The number of hydrogen-bond acceptors (Lipinski definition) is 2. The van der Waals surface area contributed by atoms with Gasteiger partial charge in [0.25, 0.3) is 0 Å². The first-order valence-corrected chi connectivity index (χ1v) is 8.23. The second-order valence-electron chi connectivity index (χ2n) is 6.22. The van der Waals surface area contributed by atoms with E-state index in [0.717, 1.165) is 52.6 Å². The van der Waals surface area contributed by atoms with Gasteiger partial charge in [0.05, 0.1) is 0 Å². The molecule has 2 aromatic carbocycles. The van der Waals surface area contributed by atoms with Crippen molar-refractivity contribution in [3.63, 3.8) is 0 Å². The molecule has 2 heteroatoms. The van der Waals surface area contributed by atoms with Crippen LogP contribution in [0.25, 0.3) is 12.2 Å². The molecule has 23 heavy (non-hydrogen) atoms. The fraction of sp³-hybridized carbons (Fsp3) is 0.333. The first-order valence-electron chi connectivity index (χ1n) is 8.23. The lowest BCUT2D eigenvalue weighted by molar-refractivity contribution is 0.466. The third kappa shape index (κ3) is 3.95. The van der Waals surface area contributed by atoms with Crippen molar-refractivity contribution in [2.45, 2.75) is 47.0 Å². The number of aryl methyl sites for hydroxylation is 2. The molecule has 2 N–H and O–H groups in total. The second kappa shape index (κ2) is 7.36. The highest BCUT2D eigenvalue weighted by atomic mass is 16.3. The maximum Gasteiger partial charge on any atom is 0.121 e. The average molecular weight is 310 g/mol. The van der Waals surface area contributed by atoms with Gasteiger partial charge in [-0.1, -0.05) is 31.6 Å². The van der Waals surface area contributed by atoms with Gasteiger partial charge in [-0.15, -0.1) is 0 Å². The number of aromatic hydroxyl groups is 2. The fourth-order valence-electron chi connectivity index (χ4n) is 2.88. The van der Waals surface area contributed by atoms with Crippen LogP contribution in [0, 0.1) is 20.8 Å². The van der Waals surface area contributed by atoms with Crippen molar-refractivity contribution in [2.24, 2.45) is 0 Å².